The van der Waals surface area contributed by atoms with Crippen LogP contribution in [0.15, 0.2) is 60.9 Å². The van der Waals surface area contributed by atoms with Crippen LogP contribution >= 0.6 is 0 Å². The predicted molar refractivity (Wildman–Crippen MR) is 87.6 cm³/mol. The highest BCUT2D eigenvalue weighted by molar-refractivity contribution is 6.21. The second-order valence-electron chi connectivity index (χ2n) is 5.31. The first-order chi connectivity index (χ1) is 12.6. The molecule has 0 N–H and O–H groups in total. The molecule has 126 valence electrons. The maximum atomic E-state index is 12.3. The van der Waals surface area contributed by atoms with Gasteiger partial charge in [-0.3, -0.25) is 14.6 Å². The molecule has 2 amide bonds. The summed E-state index contributed by atoms with van der Waals surface area (Å²) in [6.45, 7) is 0. The van der Waals surface area contributed by atoms with E-state index in [1.165, 1.54) is 24.4 Å². The summed E-state index contributed by atoms with van der Waals surface area (Å²) in [5.74, 6) is -2.11. The largest absolute Gasteiger partial charge is 0.382 e. The van der Waals surface area contributed by atoms with Gasteiger partial charge in [0.15, 0.2) is 11.5 Å². The summed E-state index contributed by atoms with van der Waals surface area (Å²) in [7, 11) is 0. The van der Waals surface area contributed by atoms with Crippen LogP contribution in [0.2, 0.25) is 0 Å². The van der Waals surface area contributed by atoms with Crippen molar-refractivity contribution in [2.75, 3.05) is 0 Å². The van der Waals surface area contributed by atoms with E-state index in [-0.39, 0.29) is 22.6 Å². The van der Waals surface area contributed by atoms with E-state index in [0.29, 0.717) is 10.8 Å². The molecule has 2 aromatic heterocycles. The van der Waals surface area contributed by atoms with E-state index in [0.717, 1.165) is 0 Å². The lowest BCUT2D eigenvalue weighted by Gasteiger charge is -2.12. The molecule has 0 fully saturated rings. The summed E-state index contributed by atoms with van der Waals surface area (Å²) in [5.41, 5.74) is 0.740. The monoisotopic (exact) mass is 346 g/mol. The van der Waals surface area contributed by atoms with Crippen LogP contribution in [0.25, 0.3) is 11.5 Å². The van der Waals surface area contributed by atoms with Crippen molar-refractivity contribution < 1.29 is 19.2 Å². The van der Waals surface area contributed by atoms with Gasteiger partial charge < -0.3 is 4.84 Å². The quantitative estimate of drug-likeness (QED) is 0.667. The van der Waals surface area contributed by atoms with Crippen molar-refractivity contribution in [3.63, 3.8) is 0 Å². The highest BCUT2D eigenvalue weighted by Crippen LogP contribution is 2.23. The molecule has 1 aliphatic rings. The van der Waals surface area contributed by atoms with Crippen LogP contribution in [0, 0.1) is 0 Å². The number of nitrogens with zero attached hydrogens (tertiary/aromatic N) is 4. The van der Waals surface area contributed by atoms with E-state index >= 15 is 0 Å². The molecular weight excluding hydrogens is 336 g/mol. The van der Waals surface area contributed by atoms with Crippen molar-refractivity contribution in [1.82, 2.24) is 20.0 Å². The van der Waals surface area contributed by atoms with Crippen LogP contribution in [-0.4, -0.2) is 37.8 Å². The third-order valence-electron chi connectivity index (χ3n) is 3.69. The van der Waals surface area contributed by atoms with Gasteiger partial charge in [-0.2, -0.15) is 0 Å². The minimum absolute atomic E-state index is 0.0998. The molecule has 0 saturated heterocycles. The zero-order valence-electron chi connectivity index (χ0n) is 13.2. The minimum Gasteiger partial charge on any atom is -0.323 e. The van der Waals surface area contributed by atoms with Crippen molar-refractivity contribution >= 4 is 17.8 Å². The molecule has 1 aromatic carbocycles. The smallest absolute Gasteiger partial charge is 0.323 e. The van der Waals surface area contributed by atoms with E-state index in [1.54, 1.807) is 36.5 Å². The maximum Gasteiger partial charge on any atom is 0.382 e. The van der Waals surface area contributed by atoms with Crippen molar-refractivity contribution in [2.45, 2.75) is 0 Å². The van der Waals surface area contributed by atoms with Gasteiger partial charge in [0.25, 0.3) is 11.8 Å². The molecule has 0 saturated carbocycles. The lowest BCUT2D eigenvalue weighted by Crippen LogP contribution is -2.33. The van der Waals surface area contributed by atoms with Crippen LogP contribution in [-0.2, 0) is 4.84 Å². The molecule has 26 heavy (non-hydrogen) atoms. The highest BCUT2D eigenvalue weighted by Gasteiger charge is 2.39. The summed E-state index contributed by atoms with van der Waals surface area (Å²) in [6.07, 6.45) is 2.94. The molecule has 0 spiro atoms. The third-order valence-corrected chi connectivity index (χ3v) is 3.69. The van der Waals surface area contributed by atoms with Gasteiger partial charge in [0.05, 0.1) is 11.1 Å². The Labute approximate surface area is 147 Å². The van der Waals surface area contributed by atoms with Crippen molar-refractivity contribution in [3.05, 3.63) is 77.7 Å². The Balaban J connectivity index is 1.58. The second kappa shape index (κ2) is 6.17. The number of benzene rings is 1. The number of hydrogen-bond acceptors (Lipinski definition) is 7. The zero-order chi connectivity index (χ0) is 18.1. The van der Waals surface area contributed by atoms with Crippen molar-refractivity contribution in [3.8, 4) is 11.5 Å². The maximum absolute atomic E-state index is 12.3. The minimum atomic E-state index is -0.945. The number of rotatable bonds is 3. The van der Waals surface area contributed by atoms with Gasteiger partial charge >= 0.3 is 5.97 Å². The van der Waals surface area contributed by atoms with Gasteiger partial charge in [0.2, 0.25) is 0 Å². The molecule has 3 heterocycles. The zero-order valence-corrected chi connectivity index (χ0v) is 13.2. The molecule has 0 bridgehead atoms. The molecular formula is C18H10N4O4. The number of imide groups is 1. The van der Waals surface area contributed by atoms with Crippen LogP contribution in [0.1, 0.15) is 31.2 Å². The molecule has 4 rings (SSSR count). The van der Waals surface area contributed by atoms with Crippen LogP contribution in [0.5, 0.6) is 0 Å². The van der Waals surface area contributed by atoms with Crippen LogP contribution in [0.3, 0.4) is 0 Å². The van der Waals surface area contributed by atoms with Gasteiger partial charge in [-0.05, 0) is 30.3 Å². The Hall–Kier alpha value is -3.94. The number of hydroxylamine groups is 2. The highest BCUT2D eigenvalue weighted by atomic mass is 16.7. The van der Waals surface area contributed by atoms with Gasteiger partial charge in [0, 0.05) is 12.4 Å². The van der Waals surface area contributed by atoms with Crippen LogP contribution in [0.4, 0.5) is 0 Å². The lowest BCUT2D eigenvalue weighted by atomic mass is 10.1. The van der Waals surface area contributed by atoms with E-state index < -0.39 is 17.8 Å². The van der Waals surface area contributed by atoms with Crippen molar-refractivity contribution in [2.24, 2.45) is 0 Å². The fourth-order valence-electron chi connectivity index (χ4n) is 2.47. The van der Waals surface area contributed by atoms with Gasteiger partial charge in [-0.15, -0.1) is 0 Å². The normalized spacial score (nSPS) is 12.8. The summed E-state index contributed by atoms with van der Waals surface area (Å²) in [5, 5.41) is 0.440. The van der Waals surface area contributed by atoms with Gasteiger partial charge in [-0.1, -0.05) is 23.3 Å². The average molecular weight is 346 g/mol. The Morgan fingerprint density at radius 3 is 2.19 bits per heavy atom. The second-order valence-corrected chi connectivity index (χ2v) is 5.31. The van der Waals surface area contributed by atoms with Gasteiger partial charge in [-0.25, -0.2) is 14.8 Å². The molecule has 0 aliphatic carbocycles. The first-order valence-corrected chi connectivity index (χ1v) is 7.60. The molecule has 0 atom stereocenters. The molecule has 1 aliphatic heterocycles. The standard InChI is InChI=1S/C18H10N4O4/c23-16-11-5-1-2-6-12(11)17(24)22(16)26-18(25)14-8-10-20-15(21-14)13-7-3-4-9-19-13/h1-10H. The Morgan fingerprint density at radius 1 is 0.846 bits per heavy atom. The Bertz CT molecular complexity index is 1000. The SMILES string of the molecule is O=C(ON1C(=O)c2ccccc2C1=O)c1ccnc(-c2ccccn2)n1. The number of amides is 2. The molecule has 3 aromatic rings. The third kappa shape index (κ3) is 2.59. The number of hydrogen-bond donors (Lipinski definition) is 0. The number of aromatic nitrogens is 3. The summed E-state index contributed by atoms with van der Waals surface area (Å²) >= 11 is 0. The number of carbonyl (C=O) groups is 3. The topological polar surface area (TPSA) is 102 Å². The summed E-state index contributed by atoms with van der Waals surface area (Å²) < 4.78 is 0. The fourth-order valence-corrected chi connectivity index (χ4v) is 2.47. The number of fused-ring (bicyclic) bond motifs is 1. The van der Waals surface area contributed by atoms with Crippen LogP contribution < -0.4 is 0 Å². The van der Waals surface area contributed by atoms with Gasteiger partial charge in [0.1, 0.15) is 5.69 Å². The number of pyridine rings is 1. The predicted octanol–water partition coefficient (Wildman–Crippen LogP) is 1.91. The Kier molecular flexibility index (Phi) is 3.70. The van der Waals surface area contributed by atoms with E-state index in [4.69, 9.17) is 4.84 Å². The van der Waals surface area contributed by atoms with Crippen molar-refractivity contribution in [1.29, 1.82) is 0 Å². The summed E-state index contributed by atoms with van der Waals surface area (Å²) in [4.78, 5) is 54.1. The van der Waals surface area contributed by atoms with E-state index in [1.807, 2.05) is 0 Å². The number of carbonyl (C=O) groups excluding carboxylic acids is 3. The Morgan fingerprint density at radius 2 is 1.54 bits per heavy atom. The molecule has 8 heteroatoms. The first-order valence-electron chi connectivity index (χ1n) is 7.60. The lowest BCUT2D eigenvalue weighted by molar-refractivity contribution is -0.0588. The molecule has 0 radical (unpaired) electrons. The average Bonchev–Trinajstić information content (AvgIpc) is 2.94. The summed E-state index contributed by atoms with van der Waals surface area (Å²) in [6, 6.07) is 12.7. The van der Waals surface area contributed by atoms with E-state index in [2.05, 4.69) is 15.0 Å². The molecule has 8 nitrogen and oxygen atoms in total. The first kappa shape index (κ1) is 15.6. The van der Waals surface area contributed by atoms with E-state index in [9.17, 15) is 14.4 Å². The molecule has 0 unspecified atom stereocenters. The fraction of sp³-hybridized carbons (Fsp3) is 0.